The number of hydrogen-bond acceptors (Lipinski definition) is 3. The normalized spacial score (nSPS) is 19.3. The van der Waals surface area contributed by atoms with Crippen molar-refractivity contribution in [1.82, 2.24) is 4.90 Å². The molecule has 2 rings (SSSR count). The average Bonchev–Trinajstić information content (AvgIpc) is 2.46. The predicted molar refractivity (Wildman–Crippen MR) is 70.3 cm³/mol. The minimum Gasteiger partial charge on any atom is -0.481 e. The van der Waals surface area contributed by atoms with Crippen LogP contribution in [-0.4, -0.2) is 36.5 Å². The number of piperidine rings is 1. The van der Waals surface area contributed by atoms with Crippen LogP contribution in [0.25, 0.3) is 0 Å². The number of amides is 1. The van der Waals surface area contributed by atoms with Gasteiger partial charge in [0.15, 0.2) is 18.2 Å². The highest BCUT2D eigenvalue weighted by Gasteiger charge is 2.25. The van der Waals surface area contributed by atoms with Crippen LogP contribution in [0.2, 0.25) is 0 Å². The zero-order valence-corrected chi connectivity index (χ0v) is 10.8. The van der Waals surface area contributed by atoms with Crippen LogP contribution in [0.3, 0.4) is 0 Å². The third kappa shape index (κ3) is 3.44. The molecule has 1 aliphatic rings. The molecule has 1 amide bonds. The lowest BCUT2D eigenvalue weighted by molar-refractivity contribution is -0.136. The van der Waals surface area contributed by atoms with Gasteiger partial charge in [-0.25, -0.2) is 4.39 Å². The highest BCUT2D eigenvalue weighted by molar-refractivity contribution is 5.78. The SMILES string of the molecule is NCC1CCCCN1C(=O)COc1ccccc1F. The van der Waals surface area contributed by atoms with Crippen molar-refractivity contribution in [2.75, 3.05) is 19.7 Å². The van der Waals surface area contributed by atoms with E-state index < -0.39 is 5.82 Å². The van der Waals surface area contributed by atoms with Crippen LogP contribution < -0.4 is 10.5 Å². The molecule has 1 atom stereocenters. The molecule has 2 N–H and O–H groups in total. The Kier molecular flexibility index (Phi) is 4.74. The van der Waals surface area contributed by atoms with Gasteiger partial charge in [0.25, 0.3) is 5.91 Å². The number of para-hydroxylation sites is 1. The Morgan fingerprint density at radius 3 is 2.95 bits per heavy atom. The second-order valence-corrected chi connectivity index (χ2v) is 4.69. The van der Waals surface area contributed by atoms with E-state index in [4.69, 9.17) is 10.5 Å². The second kappa shape index (κ2) is 6.52. The first-order chi connectivity index (χ1) is 9.22. The second-order valence-electron chi connectivity index (χ2n) is 4.69. The summed E-state index contributed by atoms with van der Waals surface area (Å²) in [5.41, 5.74) is 5.67. The van der Waals surface area contributed by atoms with Crippen molar-refractivity contribution in [3.8, 4) is 5.75 Å². The van der Waals surface area contributed by atoms with Gasteiger partial charge in [0.2, 0.25) is 0 Å². The van der Waals surface area contributed by atoms with Gasteiger partial charge in [-0.1, -0.05) is 12.1 Å². The number of ether oxygens (including phenoxy) is 1. The molecule has 1 unspecified atom stereocenters. The van der Waals surface area contributed by atoms with E-state index in [-0.39, 0.29) is 24.3 Å². The Hall–Kier alpha value is -1.62. The fourth-order valence-corrected chi connectivity index (χ4v) is 2.36. The van der Waals surface area contributed by atoms with Crippen molar-refractivity contribution < 1.29 is 13.9 Å². The minimum absolute atomic E-state index is 0.0884. The predicted octanol–water partition coefficient (Wildman–Crippen LogP) is 1.54. The summed E-state index contributed by atoms with van der Waals surface area (Å²) < 4.78 is 18.6. The van der Waals surface area contributed by atoms with Crippen LogP contribution in [0.4, 0.5) is 4.39 Å². The number of benzene rings is 1. The largest absolute Gasteiger partial charge is 0.481 e. The third-order valence-electron chi connectivity index (χ3n) is 3.41. The molecule has 0 saturated carbocycles. The summed E-state index contributed by atoms with van der Waals surface area (Å²) in [6.45, 7) is 1.03. The molecular formula is C14H19FN2O2. The molecular weight excluding hydrogens is 247 g/mol. The quantitative estimate of drug-likeness (QED) is 0.899. The Labute approximate surface area is 112 Å². The van der Waals surface area contributed by atoms with Crippen LogP contribution in [-0.2, 0) is 4.79 Å². The molecule has 0 aromatic heterocycles. The number of halogens is 1. The van der Waals surface area contributed by atoms with Gasteiger partial charge in [-0.15, -0.1) is 0 Å². The number of rotatable bonds is 4. The third-order valence-corrected chi connectivity index (χ3v) is 3.41. The van der Waals surface area contributed by atoms with Crippen LogP contribution in [0.1, 0.15) is 19.3 Å². The molecule has 1 heterocycles. The summed E-state index contributed by atoms with van der Waals surface area (Å²) in [5, 5.41) is 0. The van der Waals surface area contributed by atoms with Crippen molar-refractivity contribution in [3.63, 3.8) is 0 Å². The van der Waals surface area contributed by atoms with E-state index >= 15 is 0 Å². The zero-order chi connectivity index (χ0) is 13.7. The maximum atomic E-state index is 13.4. The standard InChI is InChI=1S/C14H19FN2O2/c15-12-6-1-2-7-13(12)19-10-14(18)17-8-4-3-5-11(17)9-16/h1-2,6-7,11H,3-5,8-10,16H2. The van der Waals surface area contributed by atoms with Crippen molar-refractivity contribution in [1.29, 1.82) is 0 Å². The van der Waals surface area contributed by atoms with Crippen LogP contribution in [0.5, 0.6) is 5.75 Å². The lowest BCUT2D eigenvalue weighted by atomic mass is 10.0. The fourth-order valence-electron chi connectivity index (χ4n) is 2.36. The molecule has 0 aliphatic carbocycles. The molecule has 0 radical (unpaired) electrons. The van der Waals surface area contributed by atoms with Gasteiger partial charge in [-0.2, -0.15) is 0 Å². The molecule has 1 saturated heterocycles. The summed E-state index contributed by atoms with van der Waals surface area (Å²) >= 11 is 0. The molecule has 0 bridgehead atoms. The molecule has 5 heteroatoms. The summed E-state index contributed by atoms with van der Waals surface area (Å²) in [4.78, 5) is 13.8. The van der Waals surface area contributed by atoms with Crippen molar-refractivity contribution >= 4 is 5.91 Å². The van der Waals surface area contributed by atoms with E-state index in [1.165, 1.54) is 12.1 Å². The number of carbonyl (C=O) groups is 1. The molecule has 104 valence electrons. The maximum absolute atomic E-state index is 13.4. The smallest absolute Gasteiger partial charge is 0.260 e. The number of nitrogens with zero attached hydrogens (tertiary/aromatic N) is 1. The zero-order valence-electron chi connectivity index (χ0n) is 10.8. The van der Waals surface area contributed by atoms with Gasteiger partial charge in [-0.3, -0.25) is 4.79 Å². The molecule has 1 aromatic rings. The molecule has 19 heavy (non-hydrogen) atoms. The Morgan fingerprint density at radius 1 is 1.42 bits per heavy atom. The summed E-state index contributed by atoms with van der Waals surface area (Å²) in [7, 11) is 0. The molecule has 0 spiro atoms. The van der Waals surface area contributed by atoms with Gasteiger partial charge < -0.3 is 15.4 Å². The van der Waals surface area contributed by atoms with Gasteiger partial charge in [-0.05, 0) is 31.4 Å². The number of likely N-dealkylation sites (tertiary alicyclic amines) is 1. The first kappa shape index (κ1) is 13.8. The van der Waals surface area contributed by atoms with Crippen molar-refractivity contribution in [2.24, 2.45) is 5.73 Å². The van der Waals surface area contributed by atoms with Gasteiger partial charge in [0, 0.05) is 19.1 Å². The first-order valence-corrected chi connectivity index (χ1v) is 6.59. The Bertz CT molecular complexity index is 439. The summed E-state index contributed by atoms with van der Waals surface area (Å²) in [5.74, 6) is -0.472. The molecule has 1 aromatic carbocycles. The fraction of sp³-hybridized carbons (Fsp3) is 0.500. The van der Waals surface area contributed by atoms with Crippen LogP contribution in [0.15, 0.2) is 24.3 Å². The monoisotopic (exact) mass is 266 g/mol. The van der Waals surface area contributed by atoms with E-state index in [9.17, 15) is 9.18 Å². The number of nitrogens with two attached hydrogens (primary N) is 1. The topological polar surface area (TPSA) is 55.6 Å². The maximum Gasteiger partial charge on any atom is 0.260 e. The van der Waals surface area contributed by atoms with Gasteiger partial charge in [0.05, 0.1) is 0 Å². The van der Waals surface area contributed by atoms with Crippen molar-refractivity contribution in [3.05, 3.63) is 30.1 Å². The van der Waals surface area contributed by atoms with E-state index in [0.717, 1.165) is 19.3 Å². The van der Waals surface area contributed by atoms with Crippen LogP contribution in [0, 0.1) is 5.82 Å². The number of carbonyl (C=O) groups excluding carboxylic acids is 1. The summed E-state index contributed by atoms with van der Waals surface area (Å²) in [6, 6.07) is 6.17. The van der Waals surface area contributed by atoms with Crippen molar-refractivity contribution in [2.45, 2.75) is 25.3 Å². The minimum atomic E-state index is -0.454. The lowest BCUT2D eigenvalue weighted by Gasteiger charge is -2.34. The van der Waals surface area contributed by atoms with E-state index in [0.29, 0.717) is 13.1 Å². The molecule has 1 fully saturated rings. The lowest BCUT2D eigenvalue weighted by Crippen LogP contribution is -2.49. The molecule has 4 nitrogen and oxygen atoms in total. The first-order valence-electron chi connectivity index (χ1n) is 6.59. The van der Waals surface area contributed by atoms with E-state index in [1.54, 1.807) is 17.0 Å². The molecule has 1 aliphatic heterocycles. The van der Waals surface area contributed by atoms with E-state index in [2.05, 4.69) is 0 Å². The van der Waals surface area contributed by atoms with Gasteiger partial charge in [0.1, 0.15) is 0 Å². The highest BCUT2D eigenvalue weighted by atomic mass is 19.1. The Morgan fingerprint density at radius 2 is 2.21 bits per heavy atom. The van der Waals surface area contributed by atoms with Crippen LogP contribution >= 0.6 is 0 Å². The summed E-state index contributed by atoms with van der Waals surface area (Å²) in [6.07, 6.45) is 3.02. The highest BCUT2D eigenvalue weighted by Crippen LogP contribution is 2.18. The number of hydrogen-bond donors (Lipinski definition) is 1. The average molecular weight is 266 g/mol. The van der Waals surface area contributed by atoms with Gasteiger partial charge >= 0.3 is 0 Å². The van der Waals surface area contributed by atoms with E-state index in [1.807, 2.05) is 0 Å². The Balaban J connectivity index is 1.92.